The summed E-state index contributed by atoms with van der Waals surface area (Å²) in [5.74, 6) is 1.83. The van der Waals surface area contributed by atoms with Crippen LogP contribution in [0.4, 0.5) is 19.0 Å². The fourth-order valence-electron chi connectivity index (χ4n) is 5.61. The van der Waals surface area contributed by atoms with Crippen molar-refractivity contribution < 1.29 is 17.9 Å². The molecule has 1 aliphatic heterocycles. The highest BCUT2D eigenvalue weighted by Crippen LogP contribution is 2.64. The van der Waals surface area contributed by atoms with E-state index in [1.165, 1.54) is 19.0 Å². The predicted molar refractivity (Wildman–Crippen MR) is 115 cm³/mol. The first-order chi connectivity index (χ1) is 15.1. The maximum atomic E-state index is 13.3. The van der Waals surface area contributed by atoms with Crippen molar-refractivity contribution in [1.29, 1.82) is 0 Å². The van der Waals surface area contributed by atoms with E-state index in [2.05, 4.69) is 35.9 Å². The average molecular weight is 450 g/mol. The summed E-state index contributed by atoms with van der Waals surface area (Å²) in [7, 11) is 2.21. The number of alkyl halides is 3. The number of fused-ring (bicyclic) bond motifs is 1. The Morgan fingerprint density at radius 1 is 1.22 bits per heavy atom. The van der Waals surface area contributed by atoms with Crippen molar-refractivity contribution in [2.75, 3.05) is 32.5 Å². The molecular weight excluding hydrogens is 419 g/mol. The van der Waals surface area contributed by atoms with Gasteiger partial charge in [0.1, 0.15) is 5.82 Å². The van der Waals surface area contributed by atoms with Crippen LogP contribution in [-0.4, -0.2) is 52.5 Å². The third-order valence-electron chi connectivity index (χ3n) is 7.41. The minimum absolute atomic E-state index is 0.126. The molecule has 1 saturated heterocycles. The Hall–Kier alpha value is -2.13. The Morgan fingerprint density at radius 2 is 1.91 bits per heavy atom. The van der Waals surface area contributed by atoms with Crippen LogP contribution in [0.25, 0.3) is 11.3 Å². The number of hydrogen-bond donors (Lipinski definition) is 1. The third kappa shape index (κ3) is 3.79. The van der Waals surface area contributed by atoms with E-state index in [-0.39, 0.29) is 6.04 Å². The number of ether oxygens (including phenoxy) is 1. The van der Waals surface area contributed by atoms with Crippen LogP contribution < -0.4 is 5.73 Å². The van der Waals surface area contributed by atoms with Gasteiger partial charge in [0, 0.05) is 47.9 Å². The molecular formula is C23H30F3N5O. The third-order valence-corrected chi connectivity index (χ3v) is 7.41. The molecule has 0 spiro atoms. The van der Waals surface area contributed by atoms with Crippen LogP contribution in [0.1, 0.15) is 49.9 Å². The van der Waals surface area contributed by atoms with Gasteiger partial charge in [0.2, 0.25) is 0 Å². The predicted octanol–water partition coefficient (Wildman–Crippen LogP) is 4.20. The van der Waals surface area contributed by atoms with Crippen LogP contribution in [0.3, 0.4) is 0 Å². The molecule has 5 rings (SSSR count). The van der Waals surface area contributed by atoms with Gasteiger partial charge >= 0.3 is 6.18 Å². The minimum Gasteiger partial charge on any atom is -0.383 e. The van der Waals surface area contributed by atoms with E-state index >= 15 is 0 Å². The van der Waals surface area contributed by atoms with E-state index in [4.69, 9.17) is 10.5 Å². The summed E-state index contributed by atoms with van der Waals surface area (Å²) in [4.78, 5) is 6.27. The molecule has 2 aliphatic carbocycles. The van der Waals surface area contributed by atoms with Crippen LogP contribution in [0.2, 0.25) is 0 Å². The first-order valence-corrected chi connectivity index (χ1v) is 11.3. The standard InChI is InChI=1S/C23H30F3N5O/c1-12(2)31-20(7-19(29-31)14-4-18(23(24,25)26)22(27)28-8-14)21-16-5-15(6-17(16)21)30(3)9-13-10-32-11-13/h4,7-8,12-13,15-17,21H,5-6,9-11H2,1-3H3,(H2,27,28)/t15?,16-,17+,21+. The second kappa shape index (κ2) is 7.73. The highest BCUT2D eigenvalue weighted by atomic mass is 19.4. The molecule has 3 aliphatic rings. The molecule has 3 heterocycles. The van der Waals surface area contributed by atoms with Crippen LogP contribution in [0.5, 0.6) is 0 Å². The highest BCUT2D eigenvalue weighted by molar-refractivity contribution is 5.63. The Kier molecular flexibility index (Phi) is 5.24. The van der Waals surface area contributed by atoms with Crippen LogP contribution in [-0.2, 0) is 10.9 Å². The van der Waals surface area contributed by atoms with E-state index in [0.29, 0.717) is 41.0 Å². The number of pyridine rings is 1. The molecule has 1 unspecified atom stereocenters. The number of anilines is 1. The van der Waals surface area contributed by atoms with E-state index in [1.807, 2.05) is 10.7 Å². The second-order valence-electron chi connectivity index (χ2n) is 9.97. The Balaban J connectivity index is 1.35. The molecule has 3 fully saturated rings. The smallest absolute Gasteiger partial charge is 0.383 e. The molecule has 0 aromatic carbocycles. The van der Waals surface area contributed by atoms with Crippen molar-refractivity contribution in [3.05, 3.63) is 29.6 Å². The van der Waals surface area contributed by atoms with Gasteiger partial charge in [-0.1, -0.05) is 0 Å². The maximum Gasteiger partial charge on any atom is 0.419 e. The number of nitrogens with two attached hydrogens (primary N) is 1. The van der Waals surface area contributed by atoms with Crippen molar-refractivity contribution in [1.82, 2.24) is 19.7 Å². The fraction of sp³-hybridized carbons (Fsp3) is 0.652. The minimum atomic E-state index is -4.54. The quantitative estimate of drug-likeness (QED) is 0.716. The number of halogens is 3. The molecule has 2 aromatic rings. The number of rotatable bonds is 6. The average Bonchev–Trinajstić information content (AvgIpc) is 3.06. The SMILES string of the molecule is CC(C)n1nc(-c2cnc(N)c(C(F)(F)F)c2)cc1[C@H]1[C@@H]2CC(N(C)CC3COC3)C[C@@H]21. The Morgan fingerprint density at radius 3 is 2.47 bits per heavy atom. The molecule has 0 radical (unpaired) electrons. The molecule has 2 saturated carbocycles. The summed E-state index contributed by atoms with van der Waals surface area (Å²) in [6.07, 6.45) is -0.833. The van der Waals surface area contributed by atoms with E-state index in [1.54, 1.807) is 0 Å². The van der Waals surface area contributed by atoms with Crippen LogP contribution >= 0.6 is 0 Å². The molecule has 6 nitrogen and oxygen atoms in total. The van der Waals surface area contributed by atoms with E-state index in [0.717, 1.165) is 31.5 Å². The molecule has 4 atom stereocenters. The summed E-state index contributed by atoms with van der Waals surface area (Å²) in [5.41, 5.74) is 6.55. The van der Waals surface area contributed by atoms with Gasteiger partial charge in [0.15, 0.2) is 0 Å². The number of hydrogen-bond acceptors (Lipinski definition) is 5. The molecule has 9 heteroatoms. The zero-order valence-corrected chi connectivity index (χ0v) is 18.6. The number of nitrogens with zero attached hydrogens (tertiary/aromatic N) is 4. The maximum absolute atomic E-state index is 13.3. The summed E-state index contributed by atoms with van der Waals surface area (Å²) in [6.45, 7) is 6.95. The summed E-state index contributed by atoms with van der Waals surface area (Å²) >= 11 is 0. The lowest BCUT2D eigenvalue weighted by atomic mass is 10.0. The van der Waals surface area contributed by atoms with Crippen molar-refractivity contribution in [3.63, 3.8) is 0 Å². The normalized spacial score (nSPS) is 27.8. The van der Waals surface area contributed by atoms with Crippen LogP contribution in [0.15, 0.2) is 18.3 Å². The summed E-state index contributed by atoms with van der Waals surface area (Å²) < 4.78 is 47.2. The molecule has 0 amide bonds. The topological polar surface area (TPSA) is 69.2 Å². The lowest BCUT2D eigenvalue weighted by Gasteiger charge is -2.34. The van der Waals surface area contributed by atoms with Gasteiger partial charge in [-0.05, 0) is 57.7 Å². The van der Waals surface area contributed by atoms with Gasteiger partial charge in [0.25, 0.3) is 0 Å². The van der Waals surface area contributed by atoms with Gasteiger partial charge in [-0.3, -0.25) is 4.68 Å². The fourth-order valence-corrected chi connectivity index (χ4v) is 5.61. The van der Waals surface area contributed by atoms with E-state index in [9.17, 15) is 13.2 Å². The summed E-state index contributed by atoms with van der Waals surface area (Å²) in [6, 6.07) is 3.75. The summed E-state index contributed by atoms with van der Waals surface area (Å²) in [5, 5.41) is 4.68. The van der Waals surface area contributed by atoms with Crippen molar-refractivity contribution in [2.45, 2.75) is 50.9 Å². The first kappa shape index (κ1) is 21.7. The van der Waals surface area contributed by atoms with Crippen LogP contribution in [0, 0.1) is 17.8 Å². The molecule has 2 N–H and O–H groups in total. The number of nitrogen functional groups attached to an aromatic ring is 1. The van der Waals surface area contributed by atoms with Gasteiger partial charge in [-0.2, -0.15) is 18.3 Å². The number of aromatic nitrogens is 3. The molecule has 2 aromatic heterocycles. The van der Waals surface area contributed by atoms with Crippen molar-refractivity contribution in [3.8, 4) is 11.3 Å². The molecule has 0 bridgehead atoms. The van der Waals surface area contributed by atoms with E-state index < -0.39 is 17.6 Å². The Bertz CT molecular complexity index is 988. The largest absolute Gasteiger partial charge is 0.419 e. The highest BCUT2D eigenvalue weighted by Gasteiger charge is 2.58. The van der Waals surface area contributed by atoms with Gasteiger partial charge in [-0.25, -0.2) is 4.98 Å². The lowest BCUT2D eigenvalue weighted by Crippen LogP contribution is -2.42. The molecule has 32 heavy (non-hydrogen) atoms. The zero-order valence-electron chi connectivity index (χ0n) is 18.6. The monoisotopic (exact) mass is 449 g/mol. The Labute approximate surface area is 185 Å². The van der Waals surface area contributed by atoms with Crippen molar-refractivity contribution in [2.24, 2.45) is 17.8 Å². The molecule has 174 valence electrons. The second-order valence-corrected chi connectivity index (χ2v) is 9.97. The first-order valence-electron chi connectivity index (χ1n) is 11.3. The van der Waals surface area contributed by atoms with Gasteiger partial charge in [-0.15, -0.1) is 0 Å². The zero-order chi connectivity index (χ0) is 22.8. The lowest BCUT2D eigenvalue weighted by molar-refractivity contribution is -0.137. The van der Waals surface area contributed by atoms with Crippen molar-refractivity contribution >= 4 is 5.82 Å². The van der Waals surface area contributed by atoms with Gasteiger partial charge in [0.05, 0.1) is 24.5 Å². The van der Waals surface area contributed by atoms with Gasteiger partial charge < -0.3 is 15.4 Å².